The number of benzene rings is 3. The van der Waals surface area contributed by atoms with Crippen LogP contribution in [0.15, 0.2) is 66.7 Å². The number of rotatable bonds is 4. The number of phenols is 1. The number of primary amides is 1. The lowest BCUT2D eigenvalue weighted by Crippen LogP contribution is -2.78. The van der Waals surface area contributed by atoms with E-state index in [0.29, 0.717) is 22.3 Å². The minimum Gasteiger partial charge on any atom is -0.507 e. The smallest absolute Gasteiger partial charge is 0.230 e. The second kappa shape index (κ2) is 10.2. The molecular weight excluding hydrogens is 552 g/mol. The normalized spacial score (nSPS) is 31.8. The largest absolute Gasteiger partial charge is 0.507 e. The summed E-state index contributed by atoms with van der Waals surface area (Å²) in [5.74, 6) is -11.2. The van der Waals surface area contributed by atoms with Gasteiger partial charge in [-0.1, -0.05) is 60.7 Å². The third kappa shape index (κ3) is 4.01. The van der Waals surface area contributed by atoms with E-state index in [0.717, 1.165) is 5.56 Å². The Labute approximate surface area is 247 Å². The average molecular weight is 585 g/mol. The maximum atomic E-state index is 14.3. The summed E-state index contributed by atoms with van der Waals surface area (Å²) in [4.78, 5) is 55.9. The molecule has 43 heavy (non-hydrogen) atoms. The summed E-state index contributed by atoms with van der Waals surface area (Å²) < 4.78 is 0. The number of carbonyl (C=O) groups excluding carboxylic acids is 4. The Morgan fingerprint density at radius 1 is 0.884 bits per heavy atom. The molecule has 3 aromatic rings. The Morgan fingerprint density at radius 3 is 1.98 bits per heavy atom. The third-order valence-electron chi connectivity index (χ3n) is 9.54. The van der Waals surface area contributed by atoms with Crippen molar-refractivity contribution in [3.8, 4) is 28.0 Å². The lowest BCUT2D eigenvalue weighted by Gasteiger charge is -2.56. The van der Waals surface area contributed by atoms with Gasteiger partial charge in [-0.3, -0.25) is 19.2 Å². The van der Waals surface area contributed by atoms with Crippen LogP contribution in [0.2, 0.25) is 0 Å². The average Bonchev–Trinajstić information content (AvgIpc) is 2.98. The van der Waals surface area contributed by atoms with Gasteiger partial charge in [0.05, 0.1) is 23.7 Å². The molecule has 8 atom stereocenters. The fourth-order valence-electron chi connectivity index (χ4n) is 7.61. The quantitative estimate of drug-likeness (QED) is 0.279. The van der Waals surface area contributed by atoms with Crippen LogP contribution in [0, 0.1) is 23.7 Å². The van der Waals surface area contributed by atoms with Gasteiger partial charge in [-0.2, -0.15) is 0 Å². The Bertz CT molecular complexity index is 1660. The first-order valence-electron chi connectivity index (χ1n) is 14.1. The summed E-state index contributed by atoms with van der Waals surface area (Å²) in [5, 5.41) is 46.3. The van der Waals surface area contributed by atoms with Crippen LogP contribution in [0.5, 0.6) is 5.75 Å². The number of aliphatic hydroxyl groups excluding tert-OH is 2. The highest BCUT2D eigenvalue weighted by Gasteiger charge is 2.72. The summed E-state index contributed by atoms with van der Waals surface area (Å²) in [5.41, 5.74) is 5.10. The fourth-order valence-corrected chi connectivity index (χ4v) is 7.61. The monoisotopic (exact) mass is 584 g/mol. The zero-order chi connectivity index (χ0) is 31.0. The van der Waals surface area contributed by atoms with Crippen LogP contribution in [0.1, 0.15) is 15.9 Å². The predicted molar refractivity (Wildman–Crippen MR) is 155 cm³/mol. The molecule has 0 spiro atoms. The molecule has 0 heterocycles. The highest BCUT2D eigenvalue weighted by Crippen LogP contribution is 2.53. The minimum atomic E-state index is -2.98. The molecule has 0 radical (unpaired) electrons. The van der Waals surface area contributed by atoms with E-state index in [1.807, 2.05) is 36.4 Å². The number of phenolic OH excluding ortho intramolecular Hbond substituents is 1. The predicted octanol–water partition coefficient (Wildman–Crippen LogP) is 0.964. The van der Waals surface area contributed by atoms with Crippen LogP contribution in [0.3, 0.4) is 0 Å². The van der Waals surface area contributed by atoms with Crippen molar-refractivity contribution in [2.45, 2.75) is 30.3 Å². The van der Waals surface area contributed by atoms with Gasteiger partial charge < -0.3 is 31.1 Å². The van der Waals surface area contributed by atoms with E-state index in [2.05, 4.69) is 0 Å². The molecular formula is C33H32N2O8. The van der Waals surface area contributed by atoms with Crippen LogP contribution < -0.4 is 5.73 Å². The zero-order valence-corrected chi connectivity index (χ0v) is 23.5. The molecule has 0 aromatic heterocycles. The van der Waals surface area contributed by atoms with Gasteiger partial charge in [0.2, 0.25) is 5.91 Å². The molecule has 2 fully saturated rings. The molecule has 3 aliphatic carbocycles. The van der Waals surface area contributed by atoms with Crippen molar-refractivity contribution in [2.75, 3.05) is 14.1 Å². The Kier molecular flexibility index (Phi) is 6.85. The second-order valence-corrected chi connectivity index (χ2v) is 12.0. The topological polar surface area (TPSA) is 178 Å². The van der Waals surface area contributed by atoms with Crippen LogP contribution in [-0.4, -0.2) is 86.5 Å². The maximum absolute atomic E-state index is 14.3. The highest BCUT2D eigenvalue weighted by atomic mass is 16.3. The number of fused-ring (bicyclic) bond motifs is 3. The van der Waals surface area contributed by atoms with Crippen LogP contribution in [-0.2, 0) is 20.8 Å². The van der Waals surface area contributed by atoms with Gasteiger partial charge in [0.25, 0.3) is 0 Å². The molecule has 0 saturated heterocycles. The van der Waals surface area contributed by atoms with Crippen LogP contribution >= 0.6 is 0 Å². The van der Waals surface area contributed by atoms with E-state index >= 15 is 0 Å². The molecule has 0 aliphatic heterocycles. The number of amides is 1. The molecule has 6 N–H and O–H groups in total. The van der Waals surface area contributed by atoms with E-state index in [1.54, 1.807) is 30.3 Å². The Balaban J connectivity index is 1.58. The van der Waals surface area contributed by atoms with Crippen LogP contribution in [0.25, 0.3) is 22.3 Å². The van der Waals surface area contributed by atoms with Gasteiger partial charge in [0, 0.05) is 23.4 Å². The molecule has 0 bridgehead atoms. The summed E-state index contributed by atoms with van der Waals surface area (Å²) in [7, 11) is 3.03. The van der Waals surface area contributed by atoms with Gasteiger partial charge in [-0.15, -0.1) is 0 Å². The molecule has 3 aromatic carbocycles. The molecule has 3 aliphatic rings. The maximum Gasteiger partial charge on any atom is 0.230 e. The summed E-state index contributed by atoms with van der Waals surface area (Å²) in [6.07, 6.45) is -3.38. The van der Waals surface area contributed by atoms with Crippen molar-refractivity contribution < 1.29 is 39.6 Å². The SMILES string of the molecule is CN(C)[C@H]1C(O)C(C(N)=O)C(=O)[C@]2(O)C(=O)C3C(=O)c4c(O)c(-c5ccccc5)cc(-c5ccccc5)c4C[C@@H]3[C@@H](O)[C@H]12. The van der Waals surface area contributed by atoms with Crippen LogP contribution in [0.4, 0.5) is 0 Å². The van der Waals surface area contributed by atoms with Crippen molar-refractivity contribution in [3.63, 3.8) is 0 Å². The number of nitrogens with two attached hydrogens (primary N) is 1. The number of Topliss-reactive ketones (excluding diaryl/α,β-unsaturated/α-hetero) is 3. The molecule has 6 rings (SSSR count). The van der Waals surface area contributed by atoms with E-state index in [4.69, 9.17) is 5.73 Å². The first-order chi connectivity index (χ1) is 20.4. The van der Waals surface area contributed by atoms with Crippen molar-refractivity contribution in [1.29, 1.82) is 0 Å². The van der Waals surface area contributed by atoms with Crippen molar-refractivity contribution in [2.24, 2.45) is 29.4 Å². The highest BCUT2D eigenvalue weighted by molar-refractivity contribution is 6.26. The number of aliphatic hydroxyl groups is 3. The van der Waals surface area contributed by atoms with E-state index < -0.39 is 70.8 Å². The summed E-state index contributed by atoms with van der Waals surface area (Å²) in [6, 6.07) is 18.7. The first-order valence-corrected chi connectivity index (χ1v) is 14.1. The lowest BCUT2D eigenvalue weighted by molar-refractivity contribution is -0.207. The van der Waals surface area contributed by atoms with Gasteiger partial charge in [-0.25, -0.2) is 0 Å². The Morgan fingerprint density at radius 2 is 1.44 bits per heavy atom. The fraction of sp³-hybridized carbons (Fsp3) is 0.333. The van der Waals surface area contributed by atoms with Crippen molar-refractivity contribution >= 4 is 23.3 Å². The lowest BCUT2D eigenvalue weighted by atomic mass is 9.50. The molecule has 2 saturated carbocycles. The van der Waals surface area contributed by atoms with E-state index in [9.17, 15) is 39.6 Å². The summed E-state index contributed by atoms with van der Waals surface area (Å²) in [6.45, 7) is 0. The van der Waals surface area contributed by atoms with Crippen molar-refractivity contribution in [1.82, 2.24) is 4.90 Å². The molecule has 222 valence electrons. The van der Waals surface area contributed by atoms with Gasteiger partial charge >= 0.3 is 0 Å². The zero-order valence-electron chi connectivity index (χ0n) is 23.5. The second-order valence-electron chi connectivity index (χ2n) is 12.0. The number of hydrogen-bond donors (Lipinski definition) is 5. The number of ketones is 3. The van der Waals surface area contributed by atoms with Gasteiger partial charge in [0.15, 0.2) is 23.0 Å². The minimum absolute atomic E-state index is 0.0399. The van der Waals surface area contributed by atoms with Gasteiger partial charge in [-0.05, 0) is 48.8 Å². The standard InChI is InChI=1S/C33H32N2O8/c1-35(2)25-24-27(37)20-14-19-17(15-9-5-3-6-10-15)13-18(16-11-7-4-8-12-16)26(36)21(19)28(38)22(20)30(40)33(24,43)31(41)23(29(25)39)32(34)42/h3-13,20,22-25,27,29,36-37,39,43H,14H2,1-2H3,(H2,34,42)/t20-,22?,23?,24-,25+,27+,29?,33+/m0/s1. The number of carbonyl (C=O) groups is 4. The van der Waals surface area contributed by atoms with Gasteiger partial charge in [0.1, 0.15) is 11.7 Å². The van der Waals surface area contributed by atoms with Crippen molar-refractivity contribution in [3.05, 3.63) is 77.9 Å². The third-order valence-corrected chi connectivity index (χ3v) is 9.54. The summed E-state index contributed by atoms with van der Waals surface area (Å²) >= 11 is 0. The number of hydrogen-bond acceptors (Lipinski definition) is 9. The number of aromatic hydroxyl groups is 1. The Hall–Kier alpha value is -4.22. The number of likely N-dealkylation sites (N-methyl/N-ethyl adjacent to an activating group) is 1. The molecule has 10 heteroatoms. The van der Waals surface area contributed by atoms with E-state index in [-0.39, 0.29) is 17.7 Å². The molecule has 1 amide bonds. The molecule has 3 unspecified atom stereocenters. The molecule has 10 nitrogen and oxygen atoms in total. The van der Waals surface area contributed by atoms with E-state index in [1.165, 1.54) is 19.0 Å². The number of nitrogens with zero attached hydrogens (tertiary/aromatic N) is 1. The first kappa shape index (κ1) is 28.9.